The Morgan fingerprint density at radius 1 is 1.07 bits per heavy atom. The molecule has 0 radical (unpaired) electrons. The zero-order chi connectivity index (χ0) is 10.7. The first kappa shape index (κ1) is 10.4. The number of hydrogen-bond acceptors (Lipinski definition) is 4. The number of aromatic nitrogens is 3. The molecular weight excluding hydrogens is 227 g/mol. The van der Waals surface area contributed by atoms with Gasteiger partial charge in [-0.3, -0.25) is 5.50 Å². The molecule has 1 heterocycles. The van der Waals surface area contributed by atoms with Crippen molar-refractivity contribution < 1.29 is 0 Å². The average molecular weight is 236 g/mol. The molecule has 1 unspecified atom stereocenters. The molecule has 0 spiro atoms. The van der Waals surface area contributed by atoms with E-state index in [0.29, 0.717) is 5.57 Å². The van der Waals surface area contributed by atoms with Crippen LogP contribution in [0.2, 0.25) is 0 Å². The summed E-state index contributed by atoms with van der Waals surface area (Å²) in [5.41, 5.74) is 6.63. The zero-order valence-corrected chi connectivity index (χ0v) is 9.53. The average Bonchev–Trinajstić information content (AvgIpc) is 2.31. The fourth-order valence-corrected chi connectivity index (χ4v) is 3.11. The topological polar surface area (TPSA) is 64.7 Å². The van der Waals surface area contributed by atoms with Crippen LogP contribution in [0.25, 0.3) is 0 Å². The van der Waals surface area contributed by atoms with E-state index in [1.165, 1.54) is 12.7 Å². The molecular formula is C9H9N4PS. The van der Waals surface area contributed by atoms with Crippen LogP contribution in [0.5, 0.6) is 0 Å². The van der Waals surface area contributed by atoms with Crippen LogP contribution in [0.3, 0.4) is 0 Å². The largest absolute Gasteiger partial charge is 0.293 e. The highest BCUT2D eigenvalue weighted by molar-refractivity contribution is 8.20. The summed E-state index contributed by atoms with van der Waals surface area (Å²) in [4.78, 5) is 11.8. The molecule has 0 bridgehead atoms. The summed E-state index contributed by atoms with van der Waals surface area (Å²) in [5.74, 6) is 0. The van der Waals surface area contributed by atoms with Crippen molar-refractivity contribution in [1.82, 2.24) is 15.0 Å². The van der Waals surface area contributed by atoms with Gasteiger partial charge in [-0.15, -0.1) is 0 Å². The van der Waals surface area contributed by atoms with Crippen LogP contribution in [0.1, 0.15) is 0 Å². The van der Waals surface area contributed by atoms with Gasteiger partial charge < -0.3 is 0 Å². The standard InChI is InChI=1S/C9H9N4PS/c10-14(15,8-4-2-1-3-5-8)9-12-6-11-7-13-9/h1-7H,(H2,10,15). The Bertz CT molecular complexity index is 444. The van der Waals surface area contributed by atoms with E-state index in [-0.39, 0.29) is 0 Å². The quantitative estimate of drug-likeness (QED) is 0.753. The van der Waals surface area contributed by atoms with Crippen LogP contribution in [-0.2, 0) is 11.8 Å². The predicted molar refractivity (Wildman–Crippen MR) is 64.0 cm³/mol. The van der Waals surface area contributed by atoms with E-state index in [9.17, 15) is 0 Å². The lowest BCUT2D eigenvalue weighted by molar-refractivity contribution is 1.09. The van der Waals surface area contributed by atoms with E-state index in [2.05, 4.69) is 15.0 Å². The number of benzene rings is 1. The second kappa shape index (κ2) is 4.14. The van der Waals surface area contributed by atoms with Gasteiger partial charge in [-0.25, -0.2) is 15.0 Å². The zero-order valence-electron chi connectivity index (χ0n) is 7.82. The van der Waals surface area contributed by atoms with Crippen LogP contribution in [-0.4, -0.2) is 15.0 Å². The van der Waals surface area contributed by atoms with Gasteiger partial charge in [0.05, 0.1) is 0 Å². The third-order valence-corrected chi connectivity index (χ3v) is 4.93. The third kappa shape index (κ3) is 2.09. The van der Waals surface area contributed by atoms with Gasteiger partial charge in [0, 0.05) is 5.30 Å². The molecule has 0 amide bonds. The van der Waals surface area contributed by atoms with Gasteiger partial charge in [0.1, 0.15) is 18.8 Å². The van der Waals surface area contributed by atoms with Gasteiger partial charge in [-0.05, 0) is 0 Å². The Morgan fingerprint density at radius 2 is 1.67 bits per heavy atom. The number of nitrogens with zero attached hydrogens (tertiary/aromatic N) is 3. The van der Waals surface area contributed by atoms with Gasteiger partial charge in [0.2, 0.25) is 0 Å². The van der Waals surface area contributed by atoms with E-state index in [4.69, 9.17) is 17.3 Å². The lowest BCUT2D eigenvalue weighted by Gasteiger charge is -2.14. The van der Waals surface area contributed by atoms with Gasteiger partial charge in [-0.2, -0.15) is 0 Å². The second-order valence-electron chi connectivity index (χ2n) is 2.93. The maximum Gasteiger partial charge on any atom is 0.182 e. The van der Waals surface area contributed by atoms with Crippen molar-refractivity contribution in [3.05, 3.63) is 43.0 Å². The van der Waals surface area contributed by atoms with E-state index in [1.807, 2.05) is 30.3 Å². The number of hydrogen-bond donors (Lipinski definition) is 1. The first-order valence-corrected chi connectivity index (χ1v) is 7.15. The van der Waals surface area contributed by atoms with Crippen molar-refractivity contribution in [3.63, 3.8) is 0 Å². The first-order chi connectivity index (χ1) is 7.21. The highest BCUT2D eigenvalue weighted by atomic mass is 32.4. The summed E-state index contributed by atoms with van der Waals surface area (Å²) in [6, 6.07) is 9.55. The minimum atomic E-state index is -2.33. The Kier molecular flexibility index (Phi) is 2.86. The Morgan fingerprint density at radius 3 is 2.27 bits per heavy atom. The predicted octanol–water partition coefficient (Wildman–Crippen LogP) is 0.176. The van der Waals surface area contributed by atoms with Crippen molar-refractivity contribution in [2.75, 3.05) is 0 Å². The maximum atomic E-state index is 6.13. The minimum Gasteiger partial charge on any atom is -0.293 e. The molecule has 15 heavy (non-hydrogen) atoms. The van der Waals surface area contributed by atoms with Crippen molar-refractivity contribution in [1.29, 1.82) is 0 Å². The molecule has 0 fully saturated rings. The molecule has 2 N–H and O–H groups in total. The lowest BCUT2D eigenvalue weighted by atomic mass is 10.4. The fourth-order valence-electron chi connectivity index (χ4n) is 1.17. The molecule has 1 atom stereocenters. The summed E-state index contributed by atoms with van der Waals surface area (Å²) in [7, 11) is 0. The van der Waals surface area contributed by atoms with Gasteiger partial charge in [0.25, 0.3) is 0 Å². The van der Waals surface area contributed by atoms with Crippen LogP contribution in [0.4, 0.5) is 0 Å². The molecule has 0 saturated heterocycles. The maximum absolute atomic E-state index is 6.13. The molecule has 76 valence electrons. The van der Waals surface area contributed by atoms with Crippen LogP contribution < -0.4 is 16.4 Å². The molecule has 0 aliphatic carbocycles. The lowest BCUT2D eigenvalue weighted by Crippen LogP contribution is -2.26. The molecule has 0 aliphatic heterocycles. The molecule has 1 aromatic carbocycles. The van der Waals surface area contributed by atoms with Gasteiger partial charge >= 0.3 is 0 Å². The van der Waals surface area contributed by atoms with E-state index >= 15 is 0 Å². The number of nitrogens with two attached hydrogens (primary N) is 1. The highest BCUT2D eigenvalue weighted by Crippen LogP contribution is 2.31. The van der Waals surface area contributed by atoms with E-state index < -0.39 is 6.19 Å². The van der Waals surface area contributed by atoms with Crippen LogP contribution in [0, 0.1) is 0 Å². The first-order valence-electron chi connectivity index (χ1n) is 4.28. The third-order valence-electron chi connectivity index (χ3n) is 1.92. The molecule has 1 aromatic heterocycles. The van der Waals surface area contributed by atoms with Crippen LogP contribution >= 0.6 is 6.19 Å². The van der Waals surface area contributed by atoms with Crippen molar-refractivity contribution >= 4 is 28.9 Å². The smallest absolute Gasteiger partial charge is 0.182 e. The van der Waals surface area contributed by atoms with E-state index in [1.54, 1.807) is 0 Å². The molecule has 0 aliphatic rings. The summed E-state index contributed by atoms with van der Waals surface area (Å²) < 4.78 is 0. The highest BCUT2D eigenvalue weighted by Gasteiger charge is 2.19. The monoisotopic (exact) mass is 236 g/mol. The SMILES string of the molecule is NP(=S)(c1ccccc1)c1ncncn1. The number of rotatable bonds is 2. The Balaban J connectivity index is 2.50. The van der Waals surface area contributed by atoms with Crippen molar-refractivity contribution in [3.8, 4) is 0 Å². The van der Waals surface area contributed by atoms with Gasteiger partial charge in [0.15, 0.2) is 5.57 Å². The summed E-state index contributed by atoms with van der Waals surface area (Å²) in [6.07, 6.45) is 0.506. The summed E-state index contributed by atoms with van der Waals surface area (Å²) >= 11 is 5.41. The molecule has 0 saturated carbocycles. The Labute approximate surface area is 92.7 Å². The van der Waals surface area contributed by atoms with Crippen molar-refractivity contribution in [2.24, 2.45) is 5.50 Å². The molecule has 4 nitrogen and oxygen atoms in total. The second-order valence-corrected chi connectivity index (χ2v) is 6.89. The van der Waals surface area contributed by atoms with Crippen LogP contribution in [0.15, 0.2) is 43.0 Å². The molecule has 6 heteroatoms. The Hall–Kier alpha value is -1.16. The molecule has 2 aromatic rings. The summed E-state index contributed by atoms with van der Waals surface area (Å²) in [6.45, 7) is 0. The van der Waals surface area contributed by atoms with E-state index in [0.717, 1.165) is 5.30 Å². The van der Waals surface area contributed by atoms with Crippen molar-refractivity contribution in [2.45, 2.75) is 0 Å². The molecule has 2 rings (SSSR count). The normalized spacial score (nSPS) is 14.5. The van der Waals surface area contributed by atoms with Gasteiger partial charge in [-0.1, -0.05) is 42.1 Å². The fraction of sp³-hybridized carbons (Fsp3) is 0. The minimum absolute atomic E-state index is 0.499. The summed E-state index contributed by atoms with van der Waals surface area (Å²) in [5, 5.41) is 0.909.